The van der Waals surface area contributed by atoms with Gasteiger partial charge in [0, 0.05) is 25.2 Å². The summed E-state index contributed by atoms with van der Waals surface area (Å²) in [5.74, 6) is 2.05. The molecule has 0 aromatic heterocycles. The van der Waals surface area contributed by atoms with Crippen LogP contribution in [0.4, 0.5) is 0 Å². The largest absolute Gasteiger partial charge is 0.326 e. The lowest BCUT2D eigenvalue weighted by molar-refractivity contribution is 0.157. The summed E-state index contributed by atoms with van der Waals surface area (Å²) in [7, 11) is 0. The summed E-state index contributed by atoms with van der Waals surface area (Å²) in [5.41, 5.74) is 6.27. The zero-order chi connectivity index (χ0) is 10.3. The molecule has 2 heteroatoms. The molecule has 0 radical (unpaired) electrons. The number of likely N-dealkylation sites (tertiary alicyclic amines) is 1. The summed E-state index contributed by atoms with van der Waals surface area (Å²) >= 11 is 0. The van der Waals surface area contributed by atoms with E-state index in [2.05, 4.69) is 4.90 Å². The molecule has 86 valence electrons. The summed E-state index contributed by atoms with van der Waals surface area (Å²) in [6, 6.07) is 1.20. The zero-order valence-corrected chi connectivity index (χ0v) is 9.70. The van der Waals surface area contributed by atoms with Crippen LogP contribution < -0.4 is 5.73 Å². The molecule has 15 heavy (non-hydrogen) atoms. The molecule has 2 saturated carbocycles. The van der Waals surface area contributed by atoms with Crippen molar-refractivity contribution in [2.24, 2.45) is 17.6 Å². The second-order valence-corrected chi connectivity index (χ2v) is 5.92. The first-order valence-corrected chi connectivity index (χ1v) is 6.84. The molecule has 0 aromatic rings. The van der Waals surface area contributed by atoms with Crippen molar-refractivity contribution in [3.8, 4) is 0 Å². The number of nitrogens with two attached hydrogens (primary N) is 1. The Morgan fingerprint density at radius 1 is 0.800 bits per heavy atom. The Bertz CT molecular complexity index is 217. The Morgan fingerprint density at radius 2 is 1.47 bits per heavy atom. The molecule has 0 bridgehead atoms. The minimum Gasteiger partial charge on any atom is -0.326 e. The van der Waals surface area contributed by atoms with Crippen LogP contribution in [0, 0.1) is 11.8 Å². The maximum Gasteiger partial charge on any atom is 0.0247 e. The van der Waals surface area contributed by atoms with E-state index in [4.69, 9.17) is 5.73 Å². The number of nitrogens with zero attached hydrogens (tertiary/aromatic N) is 1. The van der Waals surface area contributed by atoms with Crippen molar-refractivity contribution in [3.63, 3.8) is 0 Å². The van der Waals surface area contributed by atoms with E-state index < -0.39 is 0 Å². The first-order chi connectivity index (χ1) is 7.34. The van der Waals surface area contributed by atoms with Gasteiger partial charge in [0.25, 0.3) is 0 Å². The fourth-order valence-corrected chi connectivity index (χ4v) is 4.14. The molecule has 3 fully saturated rings. The van der Waals surface area contributed by atoms with Gasteiger partial charge in [-0.05, 0) is 37.5 Å². The van der Waals surface area contributed by atoms with Crippen LogP contribution in [0.5, 0.6) is 0 Å². The number of hydrogen-bond donors (Lipinski definition) is 1. The van der Waals surface area contributed by atoms with Gasteiger partial charge < -0.3 is 5.73 Å². The lowest BCUT2D eigenvalue weighted by atomic mass is 9.90. The van der Waals surface area contributed by atoms with Crippen LogP contribution >= 0.6 is 0 Å². The molecule has 3 rings (SSSR count). The Labute approximate surface area is 93.2 Å². The van der Waals surface area contributed by atoms with Gasteiger partial charge in [-0.2, -0.15) is 0 Å². The second kappa shape index (κ2) is 4.06. The van der Waals surface area contributed by atoms with Crippen molar-refractivity contribution in [2.75, 3.05) is 13.1 Å². The van der Waals surface area contributed by atoms with Crippen molar-refractivity contribution in [3.05, 3.63) is 0 Å². The van der Waals surface area contributed by atoms with Crippen LogP contribution in [0.1, 0.15) is 44.9 Å². The molecule has 2 N–H and O–H groups in total. The summed E-state index contributed by atoms with van der Waals surface area (Å²) in [5, 5.41) is 0. The van der Waals surface area contributed by atoms with Gasteiger partial charge in [-0.3, -0.25) is 4.90 Å². The van der Waals surface area contributed by atoms with E-state index in [-0.39, 0.29) is 0 Å². The molecular weight excluding hydrogens is 184 g/mol. The standard InChI is InChI=1S/C13H24N2/c14-12-6-1-2-7-13(12)15-8-10-4-3-5-11(10)9-15/h10-13H,1-9,14H2. The third-order valence-corrected chi connectivity index (χ3v) is 5.01. The van der Waals surface area contributed by atoms with Crippen molar-refractivity contribution >= 4 is 0 Å². The molecule has 4 unspecified atom stereocenters. The lowest BCUT2D eigenvalue weighted by Gasteiger charge is -2.36. The van der Waals surface area contributed by atoms with E-state index in [1.165, 1.54) is 58.0 Å². The van der Waals surface area contributed by atoms with Crippen LogP contribution in [-0.2, 0) is 0 Å². The number of hydrogen-bond acceptors (Lipinski definition) is 2. The fraction of sp³-hybridized carbons (Fsp3) is 1.00. The Kier molecular flexibility index (Phi) is 2.73. The van der Waals surface area contributed by atoms with Crippen LogP contribution in [0.15, 0.2) is 0 Å². The molecule has 1 saturated heterocycles. The molecule has 0 aromatic carbocycles. The average molecular weight is 208 g/mol. The predicted octanol–water partition coefficient (Wildman–Crippen LogP) is 1.99. The van der Waals surface area contributed by atoms with Crippen LogP contribution in [0.3, 0.4) is 0 Å². The van der Waals surface area contributed by atoms with Gasteiger partial charge in [-0.25, -0.2) is 0 Å². The molecule has 0 spiro atoms. The van der Waals surface area contributed by atoms with Crippen molar-refractivity contribution in [1.82, 2.24) is 4.90 Å². The normalized spacial score (nSPS) is 47.0. The Hall–Kier alpha value is -0.0800. The van der Waals surface area contributed by atoms with Crippen molar-refractivity contribution < 1.29 is 0 Å². The average Bonchev–Trinajstić information content (AvgIpc) is 2.77. The minimum absolute atomic E-state index is 0.470. The highest BCUT2D eigenvalue weighted by molar-refractivity contribution is 4.95. The summed E-state index contributed by atoms with van der Waals surface area (Å²) in [6.07, 6.45) is 9.85. The van der Waals surface area contributed by atoms with Gasteiger partial charge in [0.15, 0.2) is 0 Å². The fourth-order valence-electron chi connectivity index (χ4n) is 4.14. The van der Waals surface area contributed by atoms with Gasteiger partial charge in [0.1, 0.15) is 0 Å². The topological polar surface area (TPSA) is 29.3 Å². The molecule has 2 nitrogen and oxygen atoms in total. The molecule has 3 aliphatic rings. The first-order valence-electron chi connectivity index (χ1n) is 6.84. The van der Waals surface area contributed by atoms with E-state index in [0.29, 0.717) is 6.04 Å². The SMILES string of the molecule is NC1CCCCC1N1CC2CCCC2C1. The van der Waals surface area contributed by atoms with E-state index in [1.807, 2.05) is 0 Å². The maximum absolute atomic E-state index is 6.27. The highest BCUT2D eigenvalue weighted by atomic mass is 15.2. The van der Waals surface area contributed by atoms with Gasteiger partial charge in [-0.1, -0.05) is 19.3 Å². The van der Waals surface area contributed by atoms with Gasteiger partial charge >= 0.3 is 0 Å². The maximum atomic E-state index is 6.27. The molecule has 2 aliphatic carbocycles. The second-order valence-electron chi connectivity index (χ2n) is 5.92. The Morgan fingerprint density at radius 3 is 2.13 bits per heavy atom. The van der Waals surface area contributed by atoms with E-state index in [1.54, 1.807) is 0 Å². The van der Waals surface area contributed by atoms with Crippen LogP contribution in [0.2, 0.25) is 0 Å². The summed E-state index contributed by atoms with van der Waals surface area (Å²) in [6.45, 7) is 2.73. The minimum atomic E-state index is 0.470. The lowest BCUT2D eigenvalue weighted by Crippen LogP contribution is -2.48. The molecule has 1 heterocycles. The van der Waals surface area contributed by atoms with Crippen molar-refractivity contribution in [1.29, 1.82) is 0 Å². The smallest absolute Gasteiger partial charge is 0.0247 e. The first kappa shape index (κ1) is 10.1. The van der Waals surface area contributed by atoms with Crippen molar-refractivity contribution in [2.45, 2.75) is 57.0 Å². The number of rotatable bonds is 1. The highest BCUT2D eigenvalue weighted by Gasteiger charge is 2.40. The molecule has 4 atom stereocenters. The summed E-state index contributed by atoms with van der Waals surface area (Å²) < 4.78 is 0. The third kappa shape index (κ3) is 1.83. The van der Waals surface area contributed by atoms with Gasteiger partial charge in [-0.15, -0.1) is 0 Å². The van der Waals surface area contributed by atoms with E-state index in [9.17, 15) is 0 Å². The molecule has 0 amide bonds. The van der Waals surface area contributed by atoms with Crippen LogP contribution in [0.25, 0.3) is 0 Å². The zero-order valence-electron chi connectivity index (χ0n) is 9.70. The summed E-state index contributed by atoms with van der Waals surface area (Å²) in [4.78, 5) is 2.73. The van der Waals surface area contributed by atoms with E-state index in [0.717, 1.165) is 17.9 Å². The van der Waals surface area contributed by atoms with Gasteiger partial charge in [0.2, 0.25) is 0 Å². The quantitative estimate of drug-likeness (QED) is 0.714. The molecular formula is C13H24N2. The highest BCUT2D eigenvalue weighted by Crippen LogP contribution is 2.39. The monoisotopic (exact) mass is 208 g/mol. The Balaban J connectivity index is 1.63. The predicted molar refractivity (Wildman–Crippen MR) is 62.6 cm³/mol. The van der Waals surface area contributed by atoms with Gasteiger partial charge in [0.05, 0.1) is 0 Å². The van der Waals surface area contributed by atoms with E-state index >= 15 is 0 Å². The third-order valence-electron chi connectivity index (χ3n) is 5.01. The van der Waals surface area contributed by atoms with Crippen LogP contribution in [-0.4, -0.2) is 30.1 Å². The number of fused-ring (bicyclic) bond motifs is 1. The molecule has 1 aliphatic heterocycles.